The summed E-state index contributed by atoms with van der Waals surface area (Å²) in [5, 5.41) is 2.90. The molecule has 0 bridgehead atoms. The molecule has 0 atom stereocenters. The van der Waals surface area contributed by atoms with E-state index < -0.39 is 5.54 Å². The van der Waals surface area contributed by atoms with E-state index in [0.29, 0.717) is 23.8 Å². The van der Waals surface area contributed by atoms with Crippen LogP contribution in [0.4, 0.5) is 5.69 Å². The fourth-order valence-electron chi connectivity index (χ4n) is 3.00. The van der Waals surface area contributed by atoms with Gasteiger partial charge in [0.1, 0.15) is 6.61 Å². The molecular formula is C19H25Cl2N3O3. The van der Waals surface area contributed by atoms with Gasteiger partial charge in [-0.1, -0.05) is 18.9 Å². The molecule has 2 aromatic rings. The number of carbonyl (C=O) groups is 1. The summed E-state index contributed by atoms with van der Waals surface area (Å²) in [5.74, 6) is 1.01. The number of anilines is 1. The van der Waals surface area contributed by atoms with Gasteiger partial charge in [-0.05, 0) is 31.0 Å². The molecule has 148 valence electrons. The van der Waals surface area contributed by atoms with E-state index in [0.717, 1.165) is 31.2 Å². The summed E-state index contributed by atoms with van der Waals surface area (Å²) in [7, 11) is 1.58. The van der Waals surface area contributed by atoms with Crippen LogP contribution in [0, 0.1) is 0 Å². The smallest absolute Gasteiger partial charge is 0.244 e. The highest BCUT2D eigenvalue weighted by atomic mass is 35.5. The zero-order chi connectivity index (χ0) is 17.7. The van der Waals surface area contributed by atoms with Gasteiger partial charge in [0.05, 0.1) is 12.6 Å². The second kappa shape index (κ2) is 10.3. The van der Waals surface area contributed by atoms with Gasteiger partial charge in [0, 0.05) is 29.7 Å². The van der Waals surface area contributed by atoms with E-state index in [2.05, 4.69) is 10.3 Å². The highest BCUT2D eigenvalue weighted by molar-refractivity contribution is 5.98. The number of amides is 1. The minimum atomic E-state index is -0.767. The number of carbonyl (C=O) groups excluding carboxylic acids is 1. The maximum atomic E-state index is 12.5. The zero-order valence-corrected chi connectivity index (χ0v) is 16.8. The average molecular weight is 414 g/mol. The third-order valence-corrected chi connectivity index (χ3v) is 4.49. The number of pyridine rings is 1. The first-order valence-corrected chi connectivity index (χ1v) is 8.41. The van der Waals surface area contributed by atoms with Gasteiger partial charge in [-0.3, -0.25) is 9.78 Å². The molecule has 1 saturated carbocycles. The number of nitrogens with two attached hydrogens (primary N) is 1. The lowest BCUT2D eigenvalue weighted by Crippen LogP contribution is -2.48. The molecule has 0 saturated heterocycles. The van der Waals surface area contributed by atoms with Crippen LogP contribution in [0.25, 0.3) is 0 Å². The predicted molar refractivity (Wildman–Crippen MR) is 110 cm³/mol. The number of rotatable bonds is 6. The van der Waals surface area contributed by atoms with Gasteiger partial charge in [-0.15, -0.1) is 24.8 Å². The molecule has 1 aromatic heterocycles. The average Bonchev–Trinajstić information content (AvgIpc) is 3.09. The molecule has 8 heteroatoms. The standard InChI is InChI=1S/C19H23N3O3.2ClH/c1-24-16-7-6-15(22-18(23)19(20)8-2-3-9-19)11-17(16)25-13-14-5-4-10-21-12-14;;/h4-7,10-12H,2-3,8-9,13,20H2,1H3,(H,22,23);2*1H. The zero-order valence-electron chi connectivity index (χ0n) is 15.1. The molecule has 6 nitrogen and oxygen atoms in total. The fourth-order valence-corrected chi connectivity index (χ4v) is 3.00. The van der Waals surface area contributed by atoms with Crippen molar-refractivity contribution in [1.82, 2.24) is 4.98 Å². The van der Waals surface area contributed by atoms with Crippen LogP contribution in [0.1, 0.15) is 31.2 Å². The number of halogens is 2. The molecule has 1 aliphatic carbocycles. The summed E-state index contributed by atoms with van der Waals surface area (Å²) in [6, 6.07) is 9.10. The summed E-state index contributed by atoms with van der Waals surface area (Å²) in [4.78, 5) is 16.5. The number of nitrogens with one attached hydrogen (secondary N) is 1. The first-order chi connectivity index (χ1) is 12.1. The topological polar surface area (TPSA) is 86.5 Å². The Labute approximate surface area is 171 Å². The van der Waals surface area contributed by atoms with Gasteiger partial charge in [-0.2, -0.15) is 0 Å². The molecule has 1 heterocycles. The quantitative estimate of drug-likeness (QED) is 0.753. The van der Waals surface area contributed by atoms with Gasteiger partial charge in [0.2, 0.25) is 5.91 Å². The lowest BCUT2D eigenvalue weighted by molar-refractivity contribution is -0.121. The summed E-state index contributed by atoms with van der Waals surface area (Å²) < 4.78 is 11.2. The van der Waals surface area contributed by atoms with E-state index in [1.165, 1.54) is 0 Å². The molecule has 1 fully saturated rings. The number of ether oxygens (including phenoxy) is 2. The number of hydrogen-bond acceptors (Lipinski definition) is 5. The van der Waals surface area contributed by atoms with Crippen LogP contribution in [-0.4, -0.2) is 23.5 Å². The van der Waals surface area contributed by atoms with Crippen molar-refractivity contribution in [3.05, 3.63) is 48.3 Å². The molecule has 0 radical (unpaired) electrons. The van der Waals surface area contributed by atoms with E-state index >= 15 is 0 Å². The van der Waals surface area contributed by atoms with Crippen LogP contribution < -0.4 is 20.5 Å². The molecule has 0 spiro atoms. The van der Waals surface area contributed by atoms with Crippen LogP contribution in [-0.2, 0) is 11.4 Å². The van der Waals surface area contributed by atoms with Crippen molar-refractivity contribution < 1.29 is 14.3 Å². The summed E-state index contributed by atoms with van der Waals surface area (Å²) in [6.07, 6.45) is 6.89. The molecule has 3 N–H and O–H groups in total. The van der Waals surface area contributed by atoms with Gasteiger partial charge >= 0.3 is 0 Å². The van der Waals surface area contributed by atoms with Crippen LogP contribution >= 0.6 is 24.8 Å². The van der Waals surface area contributed by atoms with Gasteiger partial charge in [-0.25, -0.2) is 0 Å². The monoisotopic (exact) mass is 413 g/mol. The maximum Gasteiger partial charge on any atom is 0.244 e. The van der Waals surface area contributed by atoms with E-state index in [4.69, 9.17) is 15.2 Å². The number of nitrogens with zero attached hydrogens (tertiary/aromatic N) is 1. The van der Waals surface area contributed by atoms with E-state index in [1.54, 1.807) is 37.7 Å². The van der Waals surface area contributed by atoms with Gasteiger partial charge in [0.15, 0.2) is 11.5 Å². The summed E-state index contributed by atoms with van der Waals surface area (Å²) in [6.45, 7) is 0.364. The molecule has 0 aliphatic heterocycles. The second-order valence-electron chi connectivity index (χ2n) is 6.33. The third kappa shape index (κ3) is 5.73. The number of benzene rings is 1. The van der Waals surface area contributed by atoms with Crippen molar-refractivity contribution in [3.8, 4) is 11.5 Å². The number of aromatic nitrogens is 1. The van der Waals surface area contributed by atoms with Crippen LogP contribution in [0.15, 0.2) is 42.7 Å². The minimum absolute atomic E-state index is 0. The van der Waals surface area contributed by atoms with Crippen molar-refractivity contribution >= 4 is 36.4 Å². The minimum Gasteiger partial charge on any atom is -0.493 e. The van der Waals surface area contributed by atoms with Crippen molar-refractivity contribution in [3.63, 3.8) is 0 Å². The van der Waals surface area contributed by atoms with Gasteiger partial charge < -0.3 is 20.5 Å². The first-order valence-electron chi connectivity index (χ1n) is 8.41. The number of hydrogen-bond donors (Lipinski definition) is 2. The normalized spacial score (nSPS) is 14.4. The summed E-state index contributed by atoms with van der Waals surface area (Å²) >= 11 is 0. The highest BCUT2D eigenvalue weighted by Gasteiger charge is 2.37. The number of methoxy groups -OCH3 is 1. The Kier molecular flexibility index (Phi) is 8.82. The van der Waals surface area contributed by atoms with Crippen molar-refractivity contribution in [2.45, 2.75) is 37.8 Å². The Morgan fingerprint density at radius 1 is 1.22 bits per heavy atom. The van der Waals surface area contributed by atoms with Crippen molar-refractivity contribution in [2.24, 2.45) is 5.73 Å². The van der Waals surface area contributed by atoms with E-state index in [-0.39, 0.29) is 30.7 Å². The lowest BCUT2D eigenvalue weighted by atomic mass is 9.98. The molecule has 1 amide bonds. The Hall–Kier alpha value is -2.02. The largest absolute Gasteiger partial charge is 0.493 e. The van der Waals surface area contributed by atoms with Crippen molar-refractivity contribution in [2.75, 3.05) is 12.4 Å². The fraction of sp³-hybridized carbons (Fsp3) is 0.368. The van der Waals surface area contributed by atoms with Crippen LogP contribution in [0.3, 0.4) is 0 Å². The van der Waals surface area contributed by atoms with E-state index in [1.807, 2.05) is 12.1 Å². The van der Waals surface area contributed by atoms with Crippen LogP contribution in [0.2, 0.25) is 0 Å². The van der Waals surface area contributed by atoms with Crippen molar-refractivity contribution in [1.29, 1.82) is 0 Å². The maximum absolute atomic E-state index is 12.5. The van der Waals surface area contributed by atoms with Crippen LogP contribution in [0.5, 0.6) is 11.5 Å². The van der Waals surface area contributed by atoms with Gasteiger partial charge in [0.25, 0.3) is 0 Å². The Balaban J connectivity index is 0.00000182. The Morgan fingerprint density at radius 3 is 2.59 bits per heavy atom. The molecule has 1 aromatic carbocycles. The summed E-state index contributed by atoms with van der Waals surface area (Å²) in [5.41, 5.74) is 7.03. The third-order valence-electron chi connectivity index (χ3n) is 4.49. The Morgan fingerprint density at radius 2 is 1.96 bits per heavy atom. The molecule has 3 rings (SSSR count). The SMILES string of the molecule is COc1ccc(NC(=O)C2(N)CCCC2)cc1OCc1cccnc1.Cl.Cl. The molecular weight excluding hydrogens is 389 g/mol. The first kappa shape index (κ1) is 23.0. The predicted octanol–water partition coefficient (Wildman–Crippen LogP) is 3.72. The lowest BCUT2D eigenvalue weighted by Gasteiger charge is -2.22. The van der Waals surface area contributed by atoms with E-state index in [9.17, 15) is 4.79 Å². The Bertz CT molecular complexity index is 738. The highest BCUT2D eigenvalue weighted by Crippen LogP contribution is 2.33. The molecule has 0 unspecified atom stereocenters. The molecule has 27 heavy (non-hydrogen) atoms. The molecule has 1 aliphatic rings. The second-order valence-corrected chi connectivity index (χ2v) is 6.33.